The van der Waals surface area contributed by atoms with Crippen LogP contribution in [0.1, 0.15) is 31.4 Å². The summed E-state index contributed by atoms with van der Waals surface area (Å²) in [5.41, 5.74) is 1.84. The van der Waals surface area contributed by atoms with Crippen LogP contribution in [0.15, 0.2) is 114 Å². The molecule has 230 valence electrons. The molecule has 2 atom stereocenters. The number of rotatable bonds is 13. The molecule has 1 N–H and O–H groups in total. The van der Waals surface area contributed by atoms with E-state index in [0.717, 1.165) is 13.4 Å². The Morgan fingerprint density at radius 3 is 2.07 bits per heavy atom. The maximum atomic E-state index is 14.5. The van der Waals surface area contributed by atoms with Gasteiger partial charge in [-0.1, -0.05) is 85.3 Å². The first-order valence-corrected chi connectivity index (χ1v) is 17.2. The highest BCUT2D eigenvalue weighted by atomic mass is 127. The minimum atomic E-state index is -4.15. The zero-order chi connectivity index (χ0) is 31.7. The quantitative estimate of drug-likeness (QED) is 0.155. The van der Waals surface area contributed by atoms with Crippen LogP contribution in [-0.4, -0.2) is 43.8 Å². The standard InChI is InChI=1S/C34H35ClIN3O4S/c1-3-25(2)37-34(41)32(22-26-12-6-4-7-13-26)38(23-27-14-10-11-17-31(27)35)33(40)24-39(29-20-18-28(36)19-21-29)44(42,43)30-15-8-5-9-16-30/h4-21,25,32H,3,22-24H2,1-2H3,(H,37,41)/t25-,32-/m0/s1. The summed E-state index contributed by atoms with van der Waals surface area (Å²) in [6.45, 7) is 3.36. The molecule has 0 saturated heterocycles. The number of sulfonamides is 1. The van der Waals surface area contributed by atoms with Crippen LogP contribution < -0.4 is 9.62 Å². The highest BCUT2D eigenvalue weighted by molar-refractivity contribution is 14.1. The second-order valence-electron chi connectivity index (χ2n) is 10.4. The molecule has 0 aliphatic carbocycles. The Balaban J connectivity index is 1.80. The summed E-state index contributed by atoms with van der Waals surface area (Å²) in [4.78, 5) is 29.9. The van der Waals surface area contributed by atoms with Crippen molar-refractivity contribution in [3.05, 3.63) is 129 Å². The van der Waals surface area contributed by atoms with E-state index >= 15 is 0 Å². The van der Waals surface area contributed by atoms with Crippen molar-refractivity contribution in [2.75, 3.05) is 10.8 Å². The fourth-order valence-electron chi connectivity index (χ4n) is 4.66. The topological polar surface area (TPSA) is 86.8 Å². The first-order valence-electron chi connectivity index (χ1n) is 14.3. The second kappa shape index (κ2) is 15.5. The maximum Gasteiger partial charge on any atom is 0.264 e. The lowest BCUT2D eigenvalue weighted by molar-refractivity contribution is -0.140. The van der Waals surface area contributed by atoms with Gasteiger partial charge in [0.2, 0.25) is 11.8 Å². The van der Waals surface area contributed by atoms with Gasteiger partial charge in [0.15, 0.2) is 0 Å². The molecule has 0 aliphatic heterocycles. The van der Waals surface area contributed by atoms with Gasteiger partial charge >= 0.3 is 0 Å². The first-order chi connectivity index (χ1) is 21.1. The van der Waals surface area contributed by atoms with Crippen LogP contribution in [-0.2, 0) is 32.6 Å². The molecule has 10 heteroatoms. The SMILES string of the molecule is CC[C@H](C)NC(=O)[C@H](Cc1ccccc1)N(Cc1ccccc1Cl)C(=O)CN(c1ccc(I)cc1)S(=O)(=O)c1ccccc1. The number of carbonyl (C=O) groups excluding carboxylic acids is 2. The molecule has 0 saturated carbocycles. The van der Waals surface area contributed by atoms with Gasteiger partial charge in [0.25, 0.3) is 10.0 Å². The third-order valence-electron chi connectivity index (χ3n) is 7.30. The highest BCUT2D eigenvalue weighted by Crippen LogP contribution is 2.26. The third kappa shape index (κ3) is 8.61. The number of benzene rings is 4. The molecule has 0 radical (unpaired) electrons. The second-order valence-corrected chi connectivity index (χ2v) is 14.0. The van der Waals surface area contributed by atoms with E-state index in [2.05, 4.69) is 27.9 Å². The lowest BCUT2D eigenvalue weighted by Gasteiger charge is -2.34. The average Bonchev–Trinajstić information content (AvgIpc) is 3.03. The van der Waals surface area contributed by atoms with Gasteiger partial charge in [-0.2, -0.15) is 0 Å². The summed E-state index contributed by atoms with van der Waals surface area (Å²) < 4.78 is 30.1. The molecule has 4 aromatic rings. The molecule has 0 bridgehead atoms. The van der Waals surface area contributed by atoms with Gasteiger partial charge in [-0.3, -0.25) is 13.9 Å². The van der Waals surface area contributed by atoms with Crippen molar-refractivity contribution in [2.45, 2.75) is 50.2 Å². The molecule has 44 heavy (non-hydrogen) atoms. The molecule has 4 aromatic carbocycles. The minimum absolute atomic E-state index is 0.00977. The molecule has 0 aliphatic rings. The van der Waals surface area contributed by atoms with Gasteiger partial charge in [-0.05, 0) is 89.5 Å². The van der Waals surface area contributed by atoms with Gasteiger partial charge in [0.1, 0.15) is 12.6 Å². The minimum Gasteiger partial charge on any atom is -0.352 e. The van der Waals surface area contributed by atoms with Crippen molar-refractivity contribution in [3.63, 3.8) is 0 Å². The fraction of sp³-hybridized carbons (Fsp3) is 0.235. The summed E-state index contributed by atoms with van der Waals surface area (Å²) in [6.07, 6.45) is 0.937. The Labute approximate surface area is 278 Å². The number of hydrogen-bond donors (Lipinski definition) is 1. The van der Waals surface area contributed by atoms with E-state index in [0.29, 0.717) is 22.7 Å². The first kappa shape index (κ1) is 33.5. The number of amides is 2. The molecular formula is C34H35ClIN3O4S. The molecule has 0 unspecified atom stereocenters. The van der Waals surface area contributed by atoms with Gasteiger partial charge in [0, 0.05) is 27.6 Å². The van der Waals surface area contributed by atoms with Crippen molar-refractivity contribution >= 4 is 61.7 Å². The highest BCUT2D eigenvalue weighted by Gasteiger charge is 2.35. The lowest BCUT2D eigenvalue weighted by atomic mass is 10.0. The summed E-state index contributed by atoms with van der Waals surface area (Å²) >= 11 is 8.69. The van der Waals surface area contributed by atoms with Crippen LogP contribution in [0.2, 0.25) is 5.02 Å². The zero-order valence-corrected chi connectivity index (χ0v) is 28.3. The average molecular weight is 744 g/mol. The molecule has 7 nitrogen and oxygen atoms in total. The predicted molar refractivity (Wildman–Crippen MR) is 184 cm³/mol. The van der Waals surface area contributed by atoms with Crippen LogP contribution in [0.5, 0.6) is 0 Å². The van der Waals surface area contributed by atoms with Gasteiger partial charge in [-0.25, -0.2) is 8.42 Å². The summed E-state index contributed by atoms with van der Waals surface area (Å²) in [6, 6.07) is 30.4. The van der Waals surface area contributed by atoms with Crippen LogP contribution >= 0.6 is 34.2 Å². The smallest absolute Gasteiger partial charge is 0.264 e. The van der Waals surface area contributed by atoms with Crippen molar-refractivity contribution in [2.24, 2.45) is 0 Å². The number of halogens is 2. The van der Waals surface area contributed by atoms with E-state index in [-0.39, 0.29) is 29.8 Å². The monoisotopic (exact) mass is 743 g/mol. The number of carbonyl (C=O) groups is 2. The Hall–Kier alpha value is -3.41. The Morgan fingerprint density at radius 2 is 1.45 bits per heavy atom. The lowest BCUT2D eigenvalue weighted by Crippen LogP contribution is -2.54. The molecule has 0 fully saturated rings. The van der Waals surface area contributed by atoms with Crippen LogP contribution in [0.3, 0.4) is 0 Å². The van der Waals surface area contributed by atoms with Crippen LogP contribution in [0, 0.1) is 3.57 Å². The Kier molecular flexibility index (Phi) is 11.8. The molecular weight excluding hydrogens is 709 g/mol. The Bertz CT molecular complexity index is 1660. The number of nitrogens with zero attached hydrogens (tertiary/aromatic N) is 2. The molecule has 2 amide bonds. The van der Waals surface area contributed by atoms with Crippen LogP contribution in [0.4, 0.5) is 5.69 Å². The largest absolute Gasteiger partial charge is 0.352 e. The molecule has 0 spiro atoms. The number of nitrogens with one attached hydrogen (secondary N) is 1. The van der Waals surface area contributed by atoms with E-state index in [9.17, 15) is 18.0 Å². The Morgan fingerprint density at radius 1 is 0.864 bits per heavy atom. The van der Waals surface area contributed by atoms with E-state index in [1.165, 1.54) is 17.0 Å². The molecule has 0 aromatic heterocycles. The van der Waals surface area contributed by atoms with E-state index in [1.54, 1.807) is 60.7 Å². The zero-order valence-electron chi connectivity index (χ0n) is 24.6. The molecule has 0 heterocycles. The van der Waals surface area contributed by atoms with Crippen LogP contribution in [0.25, 0.3) is 0 Å². The summed E-state index contributed by atoms with van der Waals surface area (Å²) in [7, 11) is -4.15. The van der Waals surface area contributed by atoms with Gasteiger partial charge in [-0.15, -0.1) is 0 Å². The van der Waals surface area contributed by atoms with Crippen molar-refractivity contribution in [3.8, 4) is 0 Å². The van der Waals surface area contributed by atoms with E-state index in [1.807, 2.05) is 50.2 Å². The van der Waals surface area contributed by atoms with Gasteiger partial charge in [0.05, 0.1) is 10.6 Å². The summed E-state index contributed by atoms with van der Waals surface area (Å²) in [5, 5.41) is 3.48. The van der Waals surface area contributed by atoms with Crippen molar-refractivity contribution in [1.82, 2.24) is 10.2 Å². The predicted octanol–water partition coefficient (Wildman–Crippen LogP) is 6.69. The fourth-order valence-corrected chi connectivity index (χ4v) is 6.65. The number of hydrogen-bond acceptors (Lipinski definition) is 4. The maximum absolute atomic E-state index is 14.5. The van der Waals surface area contributed by atoms with E-state index < -0.39 is 28.5 Å². The van der Waals surface area contributed by atoms with E-state index in [4.69, 9.17) is 11.6 Å². The summed E-state index contributed by atoms with van der Waals surface area (Å²) in [5.74, 6) is -0.862. The van der Waals surface area contributed by atoms with Crippen molar-refractivity contribution in [1.29, 1.82) is 0 Å². The normalized spacial score (nSPS) is 12.6. The van der Waals surface area contributed by atoms with Crippen molar-refractivity contribution < 1.29 is 18.0 Å². The number of anilines is 1. The molecule has 4 rings (SSSR count). The van der Waals surface area contributed by atoms with Gasteiger partial charge < -0.3 is 10.2 Å². The third-order valence-corrected chi connectivity index (χ3v) is 10.2.